The molecule has 12 heavy (non-hydrogen) atoms. The molecule has 0 aliphatic heterocycles. The van der Waals surface area contributed by atoms with Crippen molar-refractivity contribution in [2.75, 3.05) is 0 Å². The predicted molar refractivity (Wildman–Crippen MR) is 49.8 cm³/mol. The van der Waals surface area contributed by atoms with Gasteiger partial charge in [0, 0.05) is 0 Å². The quantitative estimate of drug-likeness (QED) is 0.548. The van der Waals surface area contributed by atoms with E-state index in [1.54, 1.807) is 0 Å². The van der Waals surface area contributed by atoms with Crippen LogP contribution in [0.4, 0.5) is 0 Å². The van der Waals surface area contributed by atoms with Crippen LogP contribution in [-0.4, -0.2) is 11.2 Å². The van der Waals surface area contributed by atoms with Gasteiger partial charge < -0.3 is 5.11 Å². The molecule has 0 heterocycles. The van der Waals surface area contributed by atoms with Crippen LogP contribution in [0.1, 0.15) is 33.1 Å². The van der Waals surface area contributed by atoms with E-state index in [1.807, 2.05) is 0 Å². The van der Waals surface area contributed by atoms with Gasteiger partial charge in [-0.25, -0.2) is 0 Å². The monoisotopic (exact) mass is 166 g/mol. The topological polar surface area (TPSA) is 20.2 Å². The van der Waals surface area contributed by atoms with Crippen LogP contribution in [0.3, 0.4) is 0 Å². The molecule has 1 heteroatoms. The second-order valence-corrected chi connectivity index (χ2v) is 4.49. The minimum atomic E-state index is -0.0591. The first-order valence-electron chi connectivity index (χ1n) is 5.05. The molecule has 68 valence electrons. The molecule has 0 aromatic carbocycles. The van der Waals surface area contributed by atoms with Gasteiger partial charge in [0.25, 0.3) is 0 Å². The van der Waals surface area contributed by atoms with Crippen LogP contribution < -0.4 is 0 Å². The summed E-state index contributed by atoms with van der Waals surface area (Å²) < 4.78 is 0. The lowest BCUT2D eigenvalue weighted by Gasteiger charge is -2.32. The number of hydrogen-bond acceptors (Lipinski definition) is 1. The molecule has 0 aromatic rings. The Morgan fingerprint density at radius 2 is 2.17 bits per heavy atom. The normalized spacial score (nSPS) is 47.1. The highest BCUT2D eigenvalue weighted by molar-refractivity contribution is 5.14. The van der Waals surface area contributed by atoms with Gasteiger partial charge in [0.1, 0.15) is 0 Å². The summed E-state index contributed by atoms with van der Waals surface area (Å²) in [5.74, 6) is 1.99. The van der Waals surface area contributed by atoms with Crippen molar-refractivity contribution in [1.82, 2.24) is 0 Å². The van der Waals surface area contributed by atoms with Gasteiger partial charge in [0.2, 0.25) is 0 Å². The summed E-state index contributed by atoms with van der Waals surface area (Å²) in [6, 6.07) is 0. The summed E-state index contributed by atoms with van der Waals surface area (Å²) >= 11 is 0. The van der Waals surface area contributed by atoms with E-state index in [2.05, 4.69) is 19.9 Å². The lowest BCUT2D eigenvalue weighted by Crippen LogP contribution is -2.31. The van der Waals surface area contributed by atoms with Crippen LogP contribution in [0, 0.1) is 17.8 Å². The smallest absolute Gasteiger partial charge is 0.0611 e. The molecule has 0 amide bonds. The van der Waals surface area contributed by atoms with Crippen molar-refractivity contribution < 1.29 is 5.11 Å². The van der Waals surface area contributed by atoms with Crippen molar-refractivity contribution >= 4 is 0 Å². The van der Waals surface area contributed by atoms with Gasteiger partial charge in [0.05, 0.1) is 6.10 Å². The van der Waals surface area contributed by atoms with Gasteiger partial charge in [-0.3, -0.25) is 0 Å². The predicted octanol–water partition coefficient (Wildman–Crippen LogP) is 2.36. The number of aliphatic hydroxyl groups excluding tert-OH is 1. The van der Waals surface area contributed by atoms with E-state index >= 15 is 0 Å². The zero-order chi connectivity index (χ0) is 8.72. The van der Waals surface area contributed by atoms with Crippen LogP contribution in [0.5, 0.6) is 0 Å². The number of fused-ring (bicyclic) bond motifs is 1. The van der Waals surface area contributed by atoms with Gasteiger partial charge in [0.15, 0.2) is 0 Å². The summed E-state index contributed by atoms with van der Waals surface area (Å²) in [6.45, 7) is 4.51. The summed E-state index contributed by atoms with van der Waals surface area (Å²) in [7, 11) is 0. The Kier molecular flexibility index (Phi) is 1.99. The number of rotatable bonds is 0. The Labute approximate surface area is 74.5 Å². The molecule has 0 spiro atoms. The SMILES string of the molecule is CC1=CC[C@H](O)C2C1CC[C@H]2C. The summed E-state index contributed by atoms with van der Waals surface area (Å²) in [5, 5.41) is 9.82. The summed E-state index contributed by atoms with van der Waals surface area (Å²) in [6.07, 6.45) is 5.65. The fourth-order valence-electron chi connectivity index (χ4n) is 3.02. The first-order chi connectivity index (χ1) is 5.70. The van der Waals surface area contributed by atoms with Crippen LogP contribution >= 0.6 is 0 Å². The number of hydrogen-bond donors (Lipinski definition) is 1. The van der Waals surface area contributed by atoms with Gasteiger partial charge in [-0.2, -0.15) is 0 Å². The molecule has 0 bridgehead atoms. The third-order valence-corrected chi connectivity index (χ3v) is 3.77. The van der Waals surface area contributed by atoms with Crippen LogP contribution in [-0.2, 0) is 0 Å². The molecule has 2 unspecified atom stereocenters. The minimum absolute atomic E-state index is 0.0591. The van der Waals surface area contributed by atoms with Crippen LogP contribution in [0.25, 0.3) is 0 Å². The fraction of sp³-hybridized carbons (Fsp3) is 0.818. The number of aliphatic hydroxyl groups is 1. The van der Waals surface area contributed by atoms with E-state index in [1.165, 1.54) is 18.4 Å². The Morgan fingerprint density at radius 1 is 1.42 bits per heavy atom. The maximum Gasteiger partial charge on any atom is 0.0611 e. The molecule has 2 rings (SSSR count). The van der Waals surface area contributed by atoms with E-state index in [4.69, 9.17) is 0 Å². The van der Waals surface area contributed by atoms with Crippen molar-refractivity contribution in [3.05, 3.63) is 11.6 Å². The summed E-state index contributed by atoms with van der Waals surface area (Å²) in [5.41, 5.74) is 1.52. The lowest BCUT2D eigenvalue weighted by molar-refractivity contribution is 0.0674. The zero-order valence-corrected chi connectivity index (χ0v) is 7.96. The van der Waals surface area contributed by atoms with Crippen molar-refractivity contribution in [3.63, 3.8) is 0 Å². The molecule has 2 aliphatic carbocycles. The lowest BCUT2D eigenvalue weighted by atomic mass is 9.76. The molecule has 1 saturated carbocycles. The molecule has 0 aromatic heterocycles. The first-order valence-corrected chi connectivity index (χ1v) is 5.05. The van der Waals surface area contributed by atoms with Crippen LogP contribution in [0.15, 0.2) is 11.6 Å². The van der Waals surface area contributed by atoms with Crippen LogP contribution in [0.2, 0.25) is 0 Å². The van der Waals surface area contributed by atoms with Gasteiger partial charge in [-0.05, 0) is 43.9 Å². The standard InChI is InChI=1S/C11H18O/c1-7-4-6-10(12)11-8(2)3-5-9(7)11/h4,8-12H,3,5-6H2,1-2H3/t8-,9?,10+,11?/m1/s1. The molecular weight excluding hydrogens is 148 g/mol. The molecule has 1 fully saturated rings. The second-order valence-electron chi connectivity index (χ2n) is 4.49. The maximum atomic E-state index is 9.82. The molecule has 0 radical (unpaired) electrons. The van der Waals surface area contributed by atoms with E-state index in [9.17, 15) is 5.11 Å². The van der Waals surface area contributed by atoms with E-state index in [0.717, 1.165) is 12.3 Å². The van der Waals surface area contributed by atoms with Crippen molar-refractivity contribution in [2.24, 2.45) is 17.8 Å². The average molecular weight is 166 g/mol. The summed E-state index contributed by atoms with van der Waals surface area (Å²) in [4.78, 5) is 0. The highest BCUT2D eigenvalue weighted by Crippen LogP contribution is 2.45. The van der Waals surface area contributed by atoms with Gasteiger partial charge in [-0.1, -0.05) is 18.6 Å². The first kappa shape index (κ1) is 8.31. The van der Waals surface area contributed by atoms with E-state index < -0.39 is 0 Å². The molecule has 4 atom stereocenters. The van der Waals surface area contributed by atoms with Gasteiger partial charge >= 0.3 is 0 Å². The Bertz CT molecular complexity index is 207. The fourth-order valence-corrected chi connectivity index (χ4v) is 3.02. The average Bonchev–Trinajstić information content (AvgIpc) is 2.42. The molecule has 0 saturated heterocycles. The van der Waals surface area contributed by atoms with Crippen molar-refractivity contribution in [2.45, 2.75) is 39.2 Å². The highest BCUT2D eigenvalue weighted by Gasteiger charge is 2.40. The molecule has 2 aliphatic rings. The third kappa shape index (κ3) is 1.11. The molecular formula is C11H18O. The third-order valence-electron chi connectivity index (χ3n) is 3.77. The second kappa shape index (κ2) is 2.88. The van der Waals surface area contributed by atoms with Crippen molar-refractivity contribution in [1.29, 1.82) is 0 Å². The van der Waals surface area contributed by atoms with E-state index in [-0.39, 0.29) is 6.10 Å². The Balaban J connectivity index is 2.23. The Morgan fingerprint density at radius 3 is 2.83 bits per heavy atom. The minimum Gasteiger partial charge on any atom is -0.392 e. The molecule has 1 N–H and O–H groups in total. The zero-order valence-electron chi connectivity index (χ0n) is 7.96. The highest BCUT2D eigenvalue weighted by atomic mass is 16.3. The van der Waals surface area contributed by atoms with Gasteiger partial charge in [-0.15, -0.1) is 0 Å². The van der Waals surface area contributed by atoms with Crippen molar-refractivity contribution in [3.8, 4) is 0 Å². The molecule has 1 nitrogen and oxygen atoms in total. The number of allylic oxidation sites excluding steroid dienone is 1. The largest absolute Gasteiger partial charge is 0.392 e. The maximum absolute atomic E-state index is 9.82. The van der Waals surface area contributed by atoms with E-state index in [0.29, 0.717) is 11.8 Å². The Hall–Kier alpha value is -0.300.